The number of carbonyl (C=O) groups is 1. The number of hydrogen-bond donors (Lipinski definition) is 2. The minimum atomic E-state index is -0.401. The Morgan fingerprint density at radius 3 is 2.00 bits per heavy atom. The molecule has 4 rings (SSSR count). The molecule has 4 aromatic rings. The Morgan fingerprint density at radius 2 is 1.40 bits per heavy atom. The highest BCUT2D eigenvalue weighted by Gasteiger charge is 2.28. The Labute approximate surface area is 140 Å². The summed E-state index contributed by atoms with van der Waals surface area (Å²) < 4.78 is 0. The Bertz CT molecular complexity index is 933. The smallest absolute Gasteiger partial charge is 0.268 e. The molecule has 0 saturated heterocycles. The zero-order chi connectivity index (χ0) is 17.1. The number of amides is 1. The molecule has 2 N–H and O–H groups in total. The van der Waals surface area contributed by atoms with Gasteiger partial charge in [-0.1, -0.05) is 58.7 Å². The fourth-order valence-corrected chi connectivity index (χ4v) is 2.43. The maximum atomic E-state index is 13.2. The van der Waals surface area contributed by atoms with Crippen molar-refractivity contribution in [3.63, 3.8) is 0 Å². The summed E-state index contributed by atoms with van der Waals surface area (Å²) >= 11 is 0. The number of hydrogen-bond acceptors (Lipinski definition) is 7. The maximum Gasteiger partial charge on any atom is 0.279 e. The summed E-state index contributed by atoms with van der Waals surface area (Å²) in [4.78, 5) is 14.4. The molecule has 25 heavy (non-hydrogen) atoms. The van der Waals surface area contributed by atoms with E-state index in [0.29, 0.717) is 5.56 Å². The second-order valence-corrected chi connectivity index (χ2v) is 4.98. The van der Waals surface area contributed by atoms with Gasteiger partial charge in [-0.2, -0.15) is 10.4 Å². The van der Waals surface area contributed by atoms with E-state index in [0.717, 1.165) is 16.0 Å². The summed E-state index contributed by atoms with van der Waals surface area (Å²) in [6, 6.07) is 16.8. The molecule has 1 amide bonds. The molecule has 10 nitrogen and oxygen atoms in total. The monoisotopic (exact) mass is 333 g/mol. The molecule has 0 radical (unpaired) electrons. The molecule has 10 heteroatoms. The molecular formula is C15H11N9O. The second kappa shape index (κ2) is 6.28. The van der Waals surface area contributed by atoms with E-state index >= 15 is 0 Å². The first-order valence-electron chi connectivity index (χ1n) is 7.30. The van der Waals surface area contributed by atoms with Crippen molar-refractivity contribution in [2.75, 3.05) is 4.90 Å². The lowest BCUT2D eigenvalue weighted by Crippen LogP contribution is -2.28. The molecule has 0 aliphatic rings. The van der Waals surface area contributed by atoms with E-state index in [1.807, 2.05) is 42.5 Å². The minimum absolute atomic E-state index is 0.0225. The first-order chi connectivity index (χ1) is 12.3. The van der Waals surface area contributed by atoms with Gasteiger partial charge in [-0.3, -0.25) is 4.79 Å². The second-order valence-electron chi connectivity index (χ2n) is 4.98. The van der Waals surface area contributed by atoms with Crippen LogP contribution in [0.3, 0.4) is 0 Å². The predicted molar refractivity (Wildman–Crippen MR) is 86.7 cm³/mol. The summed E-state index contributed by atoms with van der Waals surface area (Å²) in [5, 5.41) is 27.0. The van der Waals surface area contributed by atoms with Crippen LogP contribution in [0.15, 0.2) is 54.6 Å². The lowest BCUT2D eigenvalue weighted by Gasteiger charge is -2.16. The Morgan fingerprint density at radius 1 is 0.800 bits per heavy atom. The van der Waals surface area contributed by atoms with Crippen LogP contribution in [0.2, 0.25) is 0 Å². The molecule has 2 aromatic carbocycles. The topological polar surface area (TPSA) is 129 Å². The molecule has 0 bridgehead atoms. The van der Waals surface area contributed by atoms with E-state index in [-0.39, 0.29) is 11.9 Å². The Balaban J connectivity index is 1.83. The van der Waals surface area contributed by atoms with E-state index in [4.69, 9.17) is 0 Å². The van der Waals surface area contributed by atoms with Crippen molar-refractivity contribution in [1.29, 1.82) is 0 Å². The molecule has 0 fully saturated rings. The summed E-state index contributed by atoms with van der Waals surface area (Å²) in [7, 11) is 0. The predicted octanol–water partition coefficient (Wildman–Crippen LogP) is 1.36. The van der Waals surface area contributed by atoms with Crippen molar-refractivity contribution >= 4 is 17.8 Å². The molecule has 0 saturated carbocycles. The third-order valence-corrected chi connectivity index (χ3v) is 3.51. The van der Waals surface area contributed by atoms with Gasteiger partial charge in [0.2, 0.25) is 0 Å². The quantitative estimate of drug-likeness (QED) is 0.576. The number of aromatic nitrogens is 8. The van der Waals surface area contributed by atoms with E-state index in [1.54, 1.807) is 12.1 Å². The number of anilines is 2. The van der Waals surface area contributed by atoms with Crippen molar-refractivity contribution in [2.45, 2.75) is 0 Å². The lowest BCUT2D eigenvalue weighted by molar-refractivity contribution is 0.0997. The van der Waals surface area contributed by atoms with Gasteiger partial charge in [0.15, 0.2) is 0 Å². The van der Waals surface area contributed by atoms with Crippen LogP contribution >= 0.6 is 0 Å². The van der Waals surface area contributed by atoms with Crippen LogP contribution in [0.4, 0.5) is 11.9 Å². The summed E-state index contributed by atoms with van der Waals surface area (Å²) in [5.74, 6) is -0.356. The SMILES string of the molecule is O=C(c1ccccc1-c1ccccc1)N(c1nn[nH]n1)c1nn[nH]n1. The zero-order valence-corrected chi connectivity index (χ0v) is 12.7. The Hall–Kier alpha value is -3.95. The van der Waals surface area contributed by atoms with Crippen molar-refractivity contribution in [3.05, 3.63) is 60.2 Å². The highest BCUT2D eigenvalue weighted by atomic mass is 16.2. The van der Waals surface area contributed by atoms with E-state index in [9.17, 15) is 4.79 Å². The van der Waals surface area contributed by atoms with Gasteiger partial charge >= 0.3 is 0 Å². The van der Waals surface area contributed by atoms with Gasteiger partial charge in [0, 0.05) is 5.56 Å². The third-order valence-electron chi connectivity index (χ3n) is 3.51. The van der Waals surface area contributed by atoms with Crippen LogP contribution in [0.25, 0.3) is 11.1 Å². The number of nitrogens with one attached hydrogen (secondary N) is 2. The lowest BCUT2D eigenvalue weighted by atomic mass is 9.99. The van der Waals surface area contributed by atoms with Crippen molar-refractivity contribution in [1.82, 2.24) is 41.2 Å². The van der Waals surface area contributed by atoms with Crippen molar-refractivity contribution in [2.24, 2.45) is 0 Å². The molecule has 2 aromatic heterocycles. The average molecular weight is 333 g/mol. The van der Waals surface area contributed by atoms with Gasteiger partial charge in [-0.15, -0.1) is 10.2 Å². The molecule has 0 unspecified atom stereocenters. The summed E-state index contributed by atoms with van der Waals surface area (Å²) in [6.07, 6.45) is 0. The highest BCUT2D eigenvalue weighted by Crippen LogP contribution is 2.27. The number of rotatable bonds is 4. The number of benzene rings is 2. The van der Waals surface area contributed by atoms with Gasteiger partial charge in [-0.05, 0) is 27.6 Å². The molecule has 2 heterocycles. The standard InChI is InChI=1S/C15H11N9O/c25-13(24(14-16-20-21-17-14)15-18-22-23-19-15)12-9-5-4-8-11(12)10-6-2-1-3-7-10/h1-9H,(H,16,17,20,21)(H,18,19,22,23). The summed E-state index contributed by atoms with van der Waals surface area (Å²) in [6.45, 7) is 0. The van der Waals surface area contributed by atoms with E-state index in [2.05, 4.69) is 41.2 Å². The number of aromatic amines is 2. The fraction of sp³-hybridized carbons (Fsp3) is 0. The van der Waals surface area contributed by atoms with Gasteiger partial charge in [0.25, 0.3) is 17.8 Å². The molecule has 0 aliphatic carbocycles. The molecule has 0 atom stereocenters. The normalized spacial score (nSPS) is 10.6. The van der Waals surface area contributed by atoms with Crippen LogP contribution in [0.5, 0.6) is 0 Å². The highest BCUT2D eigenvalue weighted by molar-refractivity contribution is 6.12. The van der Waals surface area contributed by atoms with Crippen LogP contribution in [-0.4, -0.2) is 47.2 Å². The van der Waals surface area contributed by atoms with Gasteiger partial charge in [-0.25, -0.2) is 4.90 Å². The average Bonchev–Trinajstić information content (AvgIpc) is 3.37. The van der Waals surface area contributed by atoms with Gasteiger partial charge in [0.05, 0.1) is 0 Å². The summed E-state index contributed by atoms with van der Waals surface area (Å²) in [5.41, 5.74) is 2.13. The van der Waals surface area contributed by atoms with Crippen molar-refractivity contribution in [3.8, 4) is 11.1 Å². The van der Waals surface area contributed by atoms with Crippen LogP contribution in [0, 0.1) is 0 Å². The zero-order valence-electron chi connectivity index (χ0n) is 12.7. The number of tetrazole rings is 2. The minimum Gasteiger partial charge on any atom is -0.268 e. The number of H-pyrrole nitrogens is 2. The van der Waals surface area contributed by atoms with E-state index in [1.165, 1.54) is 0 Å². The molecule has 122 valence electrons. The first kappa shape index (κ1) is 14.6. The number of nitrogens with zero attached hydrogens (tertiary/aromatic N) is 7. The first-order valence-corrected chi connectivity index (χ1v) is 7.30. The van der Waals surface area contributed by atoms with Gasteiger partial charge in [0.1, 0.15) is 0 Å². The molecular weight excluding hydrogens is 322 g/mol. The number of carbonyl (C=O) groups excluding carboxylic acids is 1. The van der Waals surface area contributed by atoms with Crippen LogP contribution in [-0.2, 0) is 0 Å². The molecule has 0 spiro atoms. The van der Waals surface area contributed by atoms with Crippen molar-refractivity contribution < 1.29 is 4.79 Å². The molecule has 0 aliphatic heterocycles. The van der Waals surface area contributed by atoms with Crippen LogP contribution in [0.1, 0.15) is 10.4 Å². The largest absolute Gasteiger partial charge is 0.279 e. The van der Waals surface area contributed by atoms with Crippen LogP contribution < -0.4 is 4.90 Å². The van der Waals surface area contributed by atoms with Gasteiger partial charge < -0.3 is 0 Å². The maximum absolute atomic E-state index is 13.2. The third kappa shape index (κ3) is 2.72. The fourth-order valence-electron chi connectivity index (χ4n) is 2.43. The van der Waals surface area contributed by atoms with E-state index < -0.39 is 5.91 Å². The Kier molecular flexibility index (Phi) is 3.67.